The van der Waals surface area contributed by atoms with Crippen molar-refractivity contribution in [2.45, 2.75) is 33.7 Å². The first-order valence-electron chi connectivity index (χ1n) is 6.50. The fourth-order valence-electron chi connectivity index (χ4n) is 2.13. The van der Waals surface area contributed by atoms with E-state index in [0.717, 1.165) is 32.3 Å². The highest BCUT2D eigenvalue weighted by Crippen LogP contribution is 2.41. The third-order valence-corrected chi connectivity index (χ3v) is 4.38. The fraction of sp³-hybridized carbons (Fsp3) is 0.467. The second kappa shape index (κ2) is 7.33. The molecule has 1 aromatic heterocycles. The molecule has 1 rings (SSSR count). The number of allylic oxidation sites excluding steroid dienone is 2. The predicted octanol–water partition coefficient (Wildman–Crippen LogP) is 5.06. The van der Waals surface area contributed by atoms with Crippen molar-refractivity contribution in [2.24, 2.45) is 5.18 Å². The average Bonchev–Trinajstić information content (AvgIpc) is 2.67. The standard InChI is InChI=1S/C15H21FN2OS/c1-10(2)14-12(5)13(9-17-19)20-15(14)18(11(3)4)8-6-7-16/h1,3,6-9H2,2,4-5H3. The topological polar surface area (TPSA) is 32.7 Å². The fourth-order valence-corrected chi connectivity index (χ4v) is 3.52. The molecule has 1 aromatic rings. The van der Waals surface area contributed by atoms with Gasteiger partial charge in [0.2, 0.25) is 0 Å². The molecule has 0 saturated heterocycles. The molecule has 0 amide bonds. The molecule has 0 radical (unpaired) electrons. The van der Waals surface area contributed by atoms with Crippen LogP contribution in [0.3, 0.4) is 0 Å². The maximum Gasteiger partial charge on any atom is 0.116 e. The smallest absolute Gasteiger partial charge is 0.116 e. The van der Waals surface area contributed by atoms with Gasteiger partial charge in [0.05, 0.1) is 6.67 Å². The first-order chi connectivity index (χ1) is 9.43. The van der Waals surface area contributed by atoms with E-state index in [2.05, 4.69) is 18.3 Å². The zero-order chi connectivity index (χ0) is 15.3. The van der Waals surface area contributed by atoms with Gasteiger partial charge in [0.15, 0.2) is 0 Å². The van der Waals surface area contributed by atoms with Gasteiger partial charge in [0.1, 0.15) is 11.5 Å². The molecule has 0 N–H and O–H groups in total. The number of hydrogen-bond donors (Lipinski definition) is 0. The van der Waals surface area contributed by atoms with E-state index >= 15 is 0 Å². The summed E-state index contributed by atoms with van der Waals surface area (Å²) in [5, 5.41) is 3.96. The summed E-state index contributed by atoms with van der Waals surface area (Å²) < 4.78 is 12.5. The first kappa shape index (κ1) is 16.6. The Bertz CT molecular complexity index is 522. The van der Waals surface area contributed by atoms with Gasteiger partial charge in [-0.15, -0.1) is 11.3 Å². The number of rotatable bonds is 8. The average molecular weight is 296 g/mol. The second-order valence-electron chi connectivity index (χ2n) is 4.83. The van der Waals surface area contributed by atoms with Gasteiger partial charge in [0, 0.05) is 22.7 Å². The molecule has 0 atom stereocenters. The van der Waals surface area contributed by atoms with Crippen LogP contribution in [0, 0.1) is 11.8 Å². The lowest BCUT2D eigenvalue weighted by Gasteiger charge is -2.24. The molecule has 0 aromatic carbocycles. The Labute approximate surface area is 123 Å². The zero-order valence-electron chi connectivity index (χ0n) is 12.3. The molecule has 110 valence electrons. The van der Waals surface area contributed by atoms with E-state index in [-0.39, 0.29) is 13.2 Å². The Hall–Kier alpha value is -1.49. The van der Waals surface area contributed by atoms with Crippen molar-refractivity contribution in [2.75, 3.05) is 18.1 Å². The van der Waals surface area contributed by atoms with Crippen LogP contribution in [0.4, 0.5) is 9.39 Å². The number of hydrogen-bond acceptors (Lipinski definition) is 4. The maximum absolute atomic E-state index is 12.5. The summed E-state index contributed by atoms with van der Waals surface area (Å²) in [5.41, 5.74) is 3.84. The van der Waals surface area contributed by atoms with E-state index in [1.165, 1.54) is 11.3 Å². The monoisotopic (exact) mass is 296 g/mol. The Morgan fingerprint density at radius 2 is 2.05 bits per heavy atom. The number of nitrogens with zero attached hydrogens (tertiary/aromatic N) is 2. The normalized spacial score (nSPS) is 10.4. The van der Waals surface area contributed by atoms with E-state index in [4.69, 9.17) is 0 Å². The molecular weight excluding hydrogens is 275 g/mol. The second-order valence-corrected chi connectivity index (χ2v) is 5.91. The van der Waals surface area contributed by atoms with Crippen molar-refractivity contribution in [1.82, 2.24) is 0 Å². The van der Waals surface area contributed by atoms with Crippen molar-refractivity contribution in [3.05, 3.63) is 39.8 Å². The van der Waals surface area contributed by atoms with Gasteiger partial charge >= 0.3 is 0 Å². The van der Waals surface area contributed by atoms with Crippen molar-refractivity contribution in [3.63, 3.8) is 0 Å². The van der Waals surface area contributed by atoms with Gasteiger partial charge in [0.25, 0.3) is 0 Å². The van der Waals surface area contributed by atoms with Crippen LogP contribution >= 0.6 is 11.3 Å². The molecule has 5 heteroatoms. The molecule has 0 spiro atoms. The molecule has 0 aliphatic heterocycles. The van der Waals surface area contributed by atoms with Crippen LogP contribution in [0.5, 0.6) is 0 Å². The van der Waals surface area contributed by atoms with E-state index in [1.54, 1.807) is 0 Å². The summed E-state index contributed by atoms with van der Waals surface area (Å²) >= 11 is 1.51. The molecule has 0 fully saturated rings. The minimum atomic E-state index is -0.362. The highest BCUT2D eigenvalue weighted by atomic mass is 32.1. The molecule has 0 aliphatic rings. The van der Waals surface area contributed by atoms with Crippen LogP contribution in [-0.4, -0.2) is 13.2 Å². The number of nitroso groups, excluding NO2 is 1. The van der Waals surface area contributed by atoms with Gasteiger partial charge in [-0.25, -0.2) is 0 Å². The number of anilines is 1. The molecular formula is C15H21FN2OS. The summed E-state index contributed by atoms with van der Waals surface area (Å²) in [6, 6.07) is 0. The van der Waals surface area contributed by atoms with Gasteiger partial charge in [-0.05, 0) is 38.3 Å². The van der Waals surface area contributed by atoms with Crippen LogP contribution in [0.25, 0.3) is 5.57 Å². The van der Waals surface area contributed by atoms with Gasteiger partial charge < -0.3 is 4.90 Å². The molecule has 0 aliphatic carbocycles. The Morgan fingerprint density at radius 3 is 2.50 bits per heavy atom. The van der Waals surface area contributed by atoms with Crippen LogP contribution in [0.2, 0.25) is 0 Å². The highest BCUT2D eigenvalue weighted by Gasteiger charge is 2.20. The van der Waals surface area contributed by atoms with E-state index in [9.17, 15) is 9.30 Å². The SMILES string of the molecule is C=C(C)c1c(N(CCCF)C(=C)C)sc(CN=O)c1C. The third-order valence-electron chi connectivity index (χ3n) is 3.08. The lowest BCUT2D eigenvalue weighted by molar-refractivity contribution is 0.475. The Morgan fingerprint density at radius 1 is 1.40 bits per heavy atom. The van der Waals surface area contributed by atoms with Crippen LogP contribution in [0.15, 0.2) is 24.0 Å². The minimum absolute atomic E-state index is 0.157. The lowest BCUT2D eigenvalue weighted by atomic mass is 10.1. The van der Waals surface area contributed by atoms with Crippen LogP contribution < -0.4 is 4.90 Å². The number of alkyl halides is 1. The molecule has 0 saturated carbocycles. The molecule has 3 nitrogen and oxygen atoms in total. The third kappa shape index (κ3) is 3.54. The Balaban J connectivity index is 3.31. The van der Waals surface area contributed by atoms with Crippen molar-refractivity contribution >= 4 is 21.9 Å². The maximum atomic E-state index is 12.5. The van der Waals surface area contributed by atoms with Gasteiger partial charge in [-0.3, -0.25) is 4.39 Å². The van der Waals surface area contributed by atoms with Crippen LogP contribution in [-0.2, 0) is 6.54 Å². The number of halogens is 1. The number of thiophene rings is 1. The van der Waals surface area contributed by atoms with E-state index in [1.807, 2.05) is 25.7 Å². The quantitative estimate of drug-likeness (QED) is 0.628. The molecule has 0 unspecified atom stereocenters. The lowest BCUT2D eigenvalue weighted by Crippen LogP contribution is -2.22. The first-order valence-corrected chi connectivity index (χ1v) is 7.31. The van der Waals surface area contributed by atoms with E-state index in [0.29, 0.717) is 13.0 Å². The van der Waals surface area contributed by atoms with Crippen molar-refractivity contribution in [3.8, 4) is 0 Å². The van der Waals surface area contributed by atoms with Crippen molar-refractivity contribution in [1.29, 1.82) is 0 Å². The largest absolute Gasteiger partial charge is 0.337 e. The molecule has 0 bridgehead atoms. The molecule has 1 heterocycles. The molecule has 20 heavy (non-hydrogen) atoms. The summed E-state index contributed by atoms with van der Waals surface area (Å²) in [4.78, 5) is 13.5. The summed E-state index contributed by atoms with van der Waals surface area (Å²) in [5.74, 6) is 0. The summed E-state index contributed by atoms with van der Waals surface area (Å²) in [6.07, 6.45) is 0.445. The predicted molar refractivity (Wildman–Crippen MR) is 86.0 cm³/mol. The van der Waals surface area contributed by atoms with E-state index < -0.39 is 0 Å². The highest BCUT2D eigenvalue weighted by molar-refractivity contribution is 7.16. The van der Waals surface area contributed by atoms with Crippen molar-refractivity contribution < 1.29 is 4.39 Å². The van der Waals surface area contributed by atoms with Gasteiger partial charge in [-0.2, -0.15) is 4.91 Å². The summed E-state index contributed by atoms with van der Waals surface area (Å²) in [7, 11) is 0. The minimum Gasteiger partial charge on any atom is -0.337 e. The van der Waals surface area contributed by atoms with Crippen LogP contribution in [0.1, 0.15) is 36.3 Å². The Kier molecular flexibility index (Phi) is 6.07. The summed E-state index contributed by atoms with van der Waals surface area (Å²) in [6.45, 7) is 14.1. The zero-order valence-corrected chi connectivity index (χ0v) is 13.1. The van der Waals surface area contributed by atoms with Gasteiger partial charge in [-0.1, -0.05) is 18.3 Å².